The highest BCUT2D eigenvalue weighted by molar-refractivity contribution is 7.92. The van der Waals surface area contributed by atoms with Crippen molar-refractivity contribution in [1.29, 1.82) is 0 Å². The van der Waals surface area contributed by atoms with E-state index in [9.17, 15) is 17.6 Å². The predicted octanol–water partition coefficient (Wildman–Crippen LogP) is 4.26. The quantitative estimate of drug-likeness (QED) is 0.589. The minimum absolute atomic E-state index is 0.0104. The maximum atomic E-state index is 13.0. The van der Waals surface area contributed by atoms with Gasteiger partial charge in [0.25, 0.3) is 15.9 Å². The third-order valence-corrected chi connectivity index (χ3v) is 5.79. The first-order valence-electron chi connectivity index (χ1n) is 9.11. The van der Waals surface area contributed by atoms with Crippen LogP contribution in [0.3, 0.4) is 0 Å². The van der Waals surface area contributed by atoms with Gasteiger partial charge in [-0.15, -0.1) is 0 Å². The maximum absolute atomic E-state index is 13.0. The number of carbonyl (C=O) groups is 1. The number of nitrogens with one attached hydrogen (secondary N) is 2. The van der Waals surface area contributed by atoms with Crippen LogP contribution in [0.4, 0.5) is 15.8 Å². The second-order valence-corrected chi connectivity index (χ2v) is 8.40. The van der Waals surface area contributed by atoms with Gasteiger partial charge >= 0.3 is 0 Å². The summed E-state index contributed by atoms with van der Waals surface area (Å²) in [5.41, 5.74) is 2.89. The van der Waals surface area contributed by atoms with Crippen LogP contribution >= 0.6 is 0 Å². The molecule has 0 bridgehead atoms. The molecule has 0 unspecified atom stereocenters. The molecular weight excluding hydrogens is 407 g/mol. The molecule has 8 heteroatoms. The molecule has 0 fully saturated rings. The highest BCUT2D eigenvalue weighted by Crippen LogP contribution is 2.19. The van der Waals surface area contributed by atoms with Gasteiger partial charge in [-0.05, 0) is 85.6 Å². The lowest BCUT2D eigenvalue weighted by atomic mass is 10.1. The summed E-state index contributed by atoms with van der Waals surface area (Å²) in [5.74, 6) is -0.227. The van der Waals surface area contributed by atoms with Crippen molar-refractivity contribution in [2.45, 2.75) is 18.7 Å². The van der Waals surface area contributed by atoms with Crippen LogP contribution in [-0.4, -0.2) is 20.9 Å². The fraction of sp³-hybridized carbons (Fsp3) is 0.136. The predicted molar refractivity (Wildman–Crippen MR) is 114 cm³/mol. The topological polar surface area (TPSA) is 84.5 Å². The molecule has 0 saturated heterocycles. The van der Waals surface area contributed by atoms with Gasteiger partial charge in [-0.2, -0.15) is 0 Å². The van der Waals surface area contributed by atoms with E-state index < -0.39 is 15.8 Å². The Morgan fingerprint density at radius 3 is 2.17 bits per heavy atom. The molecule has 0 saturated carbocycles. The average Bonchev–Trinajstić information content (AvgIpc) is 2.71. The second-order valence-electron chi connectivity index (χ2n) is 6.72. The second kappa shape index (κ2) is 8.96. The number of aryl methyl sites for hydroxylation is 2. The Kier molecular flexibility index (Phi) is 6.37. The van der Waals surface area contributed by atoms with Gasteiger partial charge in [0, 0.05) is 11.4 Å². The standard InChI is InChI=1S/C22H21FN2O4S/c1-15-3-10-20(13-16(15)2)29-14-22(26)24-18-8-11-21(12-9-18)30(27,28)25-19-6-4-17(23)5-7-19/h3-13,25H,14H2,1-2H3,(H,24,26). The van der Waals surface area contributed by atoms with Crippen molar-refractivity contribution in [1.82, 2.24) is 0 Å². The number of carbonyl (C=O) groups excluding carboxylic acids is 1. The minimum Gasteiger partial charge on any atom is -0.484 e. The zero-order valence-electron chi connectivity index (χ0n) is 16.5. The molecule has 0 aliphatic rings. The lowest BCUT2D eigenvalue weighted by Gasteiger charge is -2.10. The number of ether oxygens (including phenoxy) is 1. The Morgan fingerprint density at radius 1 is 0.900 bits per heavy atom. The van der Waals surface area contributed by atoms with E-state index in [4.69, 9.17) is 4.74 Å². The van der Waals surface area contributed by atoms with Gasteiger partial charge in [-0.25, -0.2) is 12.8 Å². The fourth-order valence-corrected chi connectivity index (χ4v) is 3.66. The van der Waals surface area contributed by atoms with Crippen LogP contribution < -0.4 is 14.8 Å². The smallest absolute Gasteiger partial charge is 0.262 e. The first-order valence-corrected chi connectivity index (χ1v) is 10.6. The van der Waals surface area contributed by atoms with E-state index in [0.717, 1.165) is 23.3 Å². The number of hydrogen-bond acceptors (Lipinski definition) is 4. The van der Waals surface area contributed by atoms with E-state index in [1.807, 2.05) is 26.0 Å². The highest BCUT2D eigenvalue weighted by atomic mass is 32.2. The van der Waals surface area contributed by atoms with Crippen molar-refractivity contribution in [3.8, 4) is 5.75 Å². The third-order valence-electron chi connectivity index (χ3n) is 4.39. The molecule has 0 spiro atoms. The van der Waals surface area contributed by atoms with Crippen LogP contribution in [0.15, 0.2) is 71.6 Å². The molecule has 6 nitrogen and oxygen atoms in total. The van der Waals surface area contributed by atoms with Crippen LogP contribution in [0.25, 0.3) is 0 Å². The van der Waals surface area contributed by atoms with Crippen molar-refractivity contribution in [3.05, 3.63) is 83.7 Å². The number of hydrogen-bond donors (Lipinski definition) is 2. The van der Waals surface area contributed by atoms with Gasteiger partial charge in [0.1, 0.15) is 11.6 Å². The first-order chi connectivity index (χ1) is 14.2. The molecule has 3 rings (SSSR count). The summed E-state index contributed by atoms with van der Waals surface area (Å²) in [6.45, 7) is 3.78. The zero-order chi connectivity index (χ0) is 21.7. The van der Waals surface area contributed by atoms with Gasteiger partial charge in [-0.1, -0.05) is 6.07 Å². The molecule has 0 aliphatic heterocycles. The summed E-state index contributed by atoms with van der Waals surface area (Å²) in [7, 11) is -3.84. The molecule has 0 heterocycles. The van der Waals surface area contributed by atoms with Crippen LogP contribution in [-0.2, 0) is 14.8 Å². The van der Waals surface area contributed by atoms with Crippen LogP contribution in [0.2, 0.25) is 0 Å². The third kappa shape index (κ3) is 5.57. The van der Waals surface area contributed by atoms with Gasteiger partial charge < -0.3 is 10.1 Å². The van der Waals surface area contributed by atoms with Gasteiger partial charge in [0.05, 0.1) is 4.90 Å². The Bertz CT molecular complexity index is 1140. The Hall–Kier alpha value is -3.39. The fourth-order valence-electron chi connectivity index (χ4n) is 2.60. The molecule has 0 aliphatic carbocycles. The summed E-state index contributed by atoms with van der Waals surface area (Å²) < 4.78 is 45.6. The number of sulfonamides is 1. The average molecular weight is 428 g/mol. The molecule has 0 radical (unpaired) electrons. The summed E-state index contributed by atoms with van der Waals surface area (Å²) >= 11 is 0. The molecule has 2 N–H and O–H groups in total. The van der Waals surface area contributed by atoms with Crippen molar-refractivity contribution in [2.24, 2.45) is 0 Å². The number of benzene rings is 3. The largest absolute Gasteiger partial charge is 0.484 e. The molecule has 3 aromatic carbocycles. The monoisotopic (exact) mass is 428 g/mol. The summed E-state index contributed by atoms with van der Waals surface area (Å²) in [6, 6.07) is 16.3. The number of amides is 1. The van der Waals surface area contributed by atoms with Crippen molar-refractivity contribution in [3.63, 3.8) is 0 Å². The molecule has 156 valence electrons. The van der Waals surface area contributed by atoms with E-state index in [2.05, 4.69) is 10.0 Å². The summed E-state index contributed by atoms with van der Waals surface area (Å²) in [6.07, 6.45) is 0. The van der Waals surface area contributed by atoms with E-state index in [1.54, 1.807) is 6.07 Å². The van der Waals surface area contributed by atoms with E-state index in [0.29, 0.717) is 11.4 Å². The minimum atomic E-state index is -3.84. The van der Waals surface area contributed by atoms with Gasteiger partial charge in [0.2, 0.25) is 0 Å². The Balaban J connectivity index is 1.58. The molecule has 3 aromatic rings. The molecule has 0 atom stereocenters. The number of anilines is 2. The molecule has 30 heavy (non-hydrogen) atoms. The zero-order valence-corrected chi connectivity index (χ0v) is 17.3. The summed E-state index contributed by atoms with van der Waals surface area (Å²) in [4.78, 5) is 12.1. The lowest BCUT2D eigenvalue weighted by molar-refractivity contribution is -0.118. The highest BCUT2D eigenvalue weighted by Gasteiger charge is 2.14. The van der Waals surface area contributed by atoms with Crippen molar-refractivity contribution < 1.29 is 22.3 Å². The lowest BCUT2D eigenvalue weighted by Crippen LogP contribution is -2.20. The normalized spacial score (nSPS) is 11.0. The maximum Gasteiger partial charge on any atom is 0.262 e. The molecular formula is C22H21FN2O4S. The number of rotatable bonds is 7. The van der Waals surface area contributed by atoms with Gasteiger partial charge in [0.15, 0.2) is 6.61 Å². The summed E-state index contributed by atoms with van der Waals surface area (Å²) in [5, 5.41) is 2.65. The molecule has 1 amide bonds. The van der Waals surface area contributed by atoms with E-state index >= 15 is 0 Å². The van der Waals surface area contributed by atoms with Crippen molar-refractivity contribution >= 4 is 27.3 Å². The van der Waals surface area contributed by atoms with Crippen LogP contribution in [0.1, 0.15) is 11.1 Å². The molecule has 0 aromatic heterocycles. The number of halogens is 1. The van der Waals surface area contributed by atoms with Crippen LogP contribution in [0, 0.1) is 19.7 Å². The first kappa shape index (κ1) is 21.3. The van der Waals surface area contributed by atoms with Crippen molar-refractivity contribution in [2.75, 3.05) is 16.6 Å². The Labute approximate surface area is 174 Å². The van der Waals surface area contributed by atoms with Crippen LogP contribution in [0.5, 0.6) is 5.75 Å². The Morgan fingerprint density at radius 2 is 1.53 bits per heavy atom. The SMILES string of the molecule is Cc1ccc(OCC(=O)Nc2ccc(S(=O)(=O)Nc3ccc(F)cc3)cc2)cc1C. The van der Waals surface area contributed by atoms with E-state index in [1.165, 1.54) is 36.4 Å². The van der Waals surface area contributed by atoms with Gasteiger partial charge in [-0.3, -0.25) is 9.52 Å². The van der Waals surface area contributed by atoms with E-state index in [-0.39, 0.29) is 23.1 Å².